The van der Waals surface area contributed by atoms with E-state index in [0.29, 0.717) is 70.4 Å². The number of hydrogen-bond acceptors (Lipinski definition) is 2. The van der Waals surface area contributed by atoms with Crippen molar-refractivity contribution in [2.24, 2.45) is 17.1 Å². The van der Waals surface area contributed by atoms with Gasteiger partial charge in [0.05, 0.1) is 0 Å². The van der Waals surface area contributed by atoms with Crippen molar-refractivity contribution in [1.82, 2.24) is 4.90 Å². The summed E-state index contributed by atoms with van der Waals surface area (Å²) in [5.41, 5.74) is 2.69. The standard InChI is InChI=1S/C31H35F5N2O2/c1-28(13-11-20(12-14-28)26(37)39)27(40)38-16-15-30(18-19-3-7-23(32)8-4-19)24-9-6-22(29(2,33)31(34,35)36)17-21(24)5-10-25(30)38/h3-4,6-9,17,20,25H,5,10-16,18H2,1-2H3,(H2,37,39)/t20-,25-,28-,29?,30-/m1/s1. The summed E-state index contributed by atoms with van der Waals surface area (Å²) in [7, 11) is 0. The minimum Gasteiger partial charge on any atom is -0.369 e. The molecule has 1 heterocycles. The van der Waals surface area contributed by atoms with Gasteiger partial charge in [-0.25, -0.2) is 8.78 Å². The van der Waals surface area contributed by atoms with Crippen molar-refractivity contribution in [3.05, 3.63) is 70.5 Å². The number of nitrogens with two attached hydrogens (primary N) is 1. The predicted octanol–water partition coefficient (Wildman–Crippen LogP) is 6.28. The van der Waals surface area contributed by atoms with E-state index in [1.165, 1.54) is 24.3 Å². The number of primary amides is 1. The van der Waals surface area contributed by atoms with Crippen molar-refractivity contribution in [2.45, 2.75) is 88.5 Å². The maximum Gasteiger partial charge on any atom is 0.426 e. The number of hydrogen-bond donors (Lipinski definition) is 1. The predicted molar refractivity (Wildman–Crippen MR) is 140 cm³/mol. The van der Waals surface area contributed by atoms with Crippen LogP contribution in [0.1, 0.15) is 74.6 Å². The number of carbonyl (C=O) groups excluding carboxylic acids is 2. The highest BCUT2D eigenvalue weighted by molar-refractivity contribution is 5.84. The number of benzene rings is 2. The summed E-state index contributed by atoms with van der Waals surface area (Å²) in [5, 5.41) is 0. The van der Waals surface area contributed by atoms with Crippen LogP contribution in [0.4, 0.5) is 22.0 Å². The summed E-state index contributed by atoms with van der Waals surface area (Å²) >= 11 is 0. The molecule has 2 fully saturated rings. The van der Waals surface area contributed by atoms with Crippen LogP contribution in [-0.2, 0) is 33.5 Å². The molecule has 1 aliphatic heterocycles. The lowest BCUT2D eigenvalue weighted by atomic mass is 9.63. The van der Waals surface area contributed by atoms with Gasteiger partial charge in [-0.1, -0.05) is 37.3 Å². The molecule has 2 aromatic rings. The number of fused-ring (bicyclic) bond motifs is 3. The van der Waals surface area contributed by atoms with Gasteiger partial charge in [0.1, 0.15) is 5.82 Å². The molecule has 2 aromatic carbocycles. The highest BCUT2D eigenvalue weighted by Gasteiger charge is 2.57. The number of halogens is 5. The molecular weight excluding hydrogens is 527 g/mol. The lowest BCUT2D eigenvalue weighted by Gasteiger charge is -2.46. The van der Waals surface area contributed by atoms with Gasteiger partial charge in [0, 0.05) is 29.3 Å². The molecule has 1 saturated carbocycles. The van der Waals surface area contributed by atoms with Crippen LogP contribution in [0.15, 0.2) is 42.5 Å². The Bertz CT molecular complexity index is 1300. The van der Waals surface area contributed by atoms with E-state index >= 15 is 0 Å². The fourth-order valence-electron chi connectivity index (χ4n) is 7.33. The highest BCUT2D eigenvalue weighted by Crippen LogP contribution is 2.52. The molecule has 216 valence electrons. The molecule has 0 bridgehead atoms. The Hall–Kier alpha value is -2.97. The van der Waals surface area contributed by atoms with Crippen LogP contribution in [0.3, 0.4) is 0 Å². The molecule has 2 amide bonds. The summed E-state index contributed by atoms with van der Waals surface area (Å²) in [6.07, 6.45) is -0.827. The Morgan fingerprint density at radius 3 is 2.25 bits per heavy atom. The fraction of sp³-hybridized carbons (Fsp3) is 0.548. The summed E-state index contributed by atoms with van der Waals surface area (Å²) < 4.78 is 69.1. The molecule has 0 spiro atoms. The quantitative estimate of drug-likeness (QED) is 0.436. The Morgan fingerprint density at radius 2 is 1.65 bits per heavy atom. The van der Waals surface area contributed by atoms with Crippen LogP contribution in [0.25, 0.3) is 0 Å². The van der Waals surface area contributed by atoms with Crippen LogP contribution in [-0.4, -0.2) is 35.5 Å². The number of alkyl halides is 4. The van der Waals surface area contributed by atoms with E-state index in [1.54, 1.807) is 18.2 Å². The zero-order valence-electron chi connectivity index (χ0n) is 22.8. The Labute approximate surface area is 231 Å². The van der Waals surface area contributed by atoms with E-state index in [-0.39, 0.29) is 29.6 Å². The third-order valence-corrected chi connectivity index (χ3v) is 9.92. The van der Waals surface area contributed by atoms with Crippen molar-refractivity contribution in [3.63, 3.8) is 0 Å². The minimum atomic E-state index is -5.05. The van der Waals surface area contributed by atoms with Crippen LogP contribution in [0, 0.1) is 17.2 Å². The number of likely N-dealkylation sites (tertiary alicyclic amines) is 1. The van der Waals surface area contributed by atoms with Crippen molar-refractivity contribution >= 4 is 11.8 Å². The monoisotopic (exact) mass is 562 g/mol. The number of carbonyl (C=O) groups is 2. The zero-order valence-corrected chi connectivity index (χ0v) is 22.8. The van der Waals surface area contributed by atoms with Crippen molar-refractivity contribution in [1.29, 1.82) is 0 Å². The molecule has 1 unspecified atom stereocenters. The van der Waals surface area contributed by atoms with Gasteiger partial charge in [-0.3, -0.25) is 9.59 Å². The minimum absolute atomic E-state index is 0.0230. The molecule has 5 rings (SSSR count). The Kier molecular flexibility index (Phi) is 7.02. The van der Waals surface area contributed by atoms with Gasteiger partial charge in [0.2, 0.25) is 17.5 Å². The van der Waals surface area contributed by atoms with Gasteiger partial charge in [-0.05, 0) is 92.7 Å². The second kappa shape index (κ2) is 9.84. The van der Waals surface area contributed by atoms with Gasteiger partial charge < -0.3 is 10.6 Å². The molecule has 2 aliphatic carbocycles. The Morgan fingerprint density at radius 1 is 1.00 bits per heavy atom. The SMILES string of the molecule is CC(F)(c1ccc2c(c1)CC[C@H]1N(C(=O)[C@]3(C)CC[C@@H](C(N)=O)CC3)CC[C@@]21Cc1ccc(F)cc1)C(F)(F)F. The Balaban J connectivity index is 1.52. The number of nitrogens with zero attached hydrogens (tertiary/aromatic N) is 1. The summed E-state index contributed by atoms with van der Waals surface area (Å²) in [6, 6.07) is 10.1. The maximum atomic E-state index is 14.9. The molecule has 0 radical (unpaired) electrons. The maximum absolute atomic E-state index is 14.9. The number of aryl methyl sites for hydroxylation is 1. The summed E-state index contributed by atoms with van der Waals surface area (Å²) in [5.74, 6) is -0.920. The highest BCUT2D eigenvalue weighted by atomic mass is 19.4. The van der Waals surface area contributed by atoms with E-state index in [1.807, 2.05) is 11.8 Å². The van der Waals surface area contributed by atoms with Crippen LogP contribution < -0.4 is 5.73 Å². The molecule has 4 nitrogen and oxygen atoms in total. The largest absolute Gasteiger partial charge is 0.426 e. The first-order chi connectivity index (χ1) is 18.7. The normalized spacial score (nSPS) is 29.8. The van der Waals surface area contributed by atoms with E-state index in [0.717, 1.165) is 11.1 Å². The van der Waals surface area contributed by atoms with Gasteiger partial charge in [0.15, 0.2) is 0 Å². The van der Waals surface area contributed by atoms with E-state index in [4.69, 9.17) is 5.73 Å². The molecule has 0 aromatic heterocycles. The average molecular weight is 563 g/mol. The van der Waals surface area contributed by atoms with Crippen molar-refractivity contribution < 1.29 is 31.5 Å². The lowest BCUT2D eigenvalue weighted by Crippen LogP contribution is -2.53. The molecule has 3 atom stereocenters. The van der Waals surface area contributed by atoms with Gasteiger partial charge >= 0.3 is 6.18 Å². The van der Waals surface area contributed by atoms with Crippen LogP contribution in [0.2, 0.25) is 0 Å². The third kappa shape index (κ3) is 4.69. The zero-order chi connectivity index (χ0) is 29.1. The van der Waals surface area contributed by atoms with E-state index in [2.05, 4.69) is 0 Å². The summed E-state index contributed by atoms with van der Waals surface area (Å²) in [6.45, 7) is 2.96. The van der Waals surface area contributed by atoms with Gasteiger partial charge in [0.25, 0.3) is 0 Å². The summed E-state index contributed by atoms with van der Waals surface area (Å²) in [4.78, 5) is 27.7. The first kappa shape index (κ1) is 28.6. The molecular formula is C31H35F5N2O2. The van der Waals surface area contributed by atoms with Crippen molar-refractivity contribution in [3.8, 4) is 0 Å². The van der Waals surface area contributed by atoms with E-state index < -0.39 is 28.2 Å². The fourth-order valence-corrected chi connectivity index (χ4v) is 7.33. The third-order valence-electron chi connectivity index (χ3n) is 9.92. The first-order valence-corrected chi connectivity index (χ1v) is 13.9. The van der Waals surface area contributed by atoms with Crippen molar-refractivity contribution in [2.75, 3.05) is 6.54 Å². The molecule has 2 N–H and O–H groups in total. The molecule has 3 aliphatic rings. The van der Waals surface area contributed by atoms with E-state index in [9.17, 15) is 31.5 Å². The van der Waals surface area contributed by atoms with Crippen LogP contribution in [0.5, 0.6) is 0 Å². The van der Waals surface area contributed by atoms with Gasteiger partial charge in [-0.2, -0.15) is 13.2 Å². The molecule has 9 heteroatoms. The smallest absolute Gasteiger partial charge is 0.369 e. The van der Waals surface area contributed by atoms with Gasteiger partial charge in [-0.15, -0.1) is 0 Å². The number of amides is 2. The molecule has 1 saturated heterocycles. The number of rotatable bonds is 5. The average Bonchev–Trinajstić information content (AvgIpc) is 3.28. The van der Waals surface area contributed by atoms with Crippen LogP contribution >= 0.6 is 0 Å². The topological polar surface area (TPSA) is 63.4 Å². The molecule has 40 heavy (non-hydrogen) atoms. The lowest BCUT2D eigenvalue weighted by molar-refractivity contribution is -0.228. The second-order valence-electron chi connectivity index (χ2n) is 12.4. The second-order valence-corrected chi connectivity index (χ2v) is 12.4. The first-order valence-electron chi connectivity index (χ1n) is 13.9.